The molecular formula is C13H15BrO2. The number of rotatable bonds is 1. The minimum Gasteiger partial charge on any atom is -0.397 e. The van der Waals surface area contributed by atoms with Gasteiger partial charge >= 0.3 is 0 Å². The van der Waals surface area contributed by atoms with Crippen molar-refractivity contribution in [2.24, 2.45) is 0 Å². The summed E-state index contributed by atoms with van der Waals surface area (Å²) in [5.41, 5.74) is 0.950. The van der Waals surface area contributed by atoms with E-state index in [9.17, 15) is 0 Å². The zero-order valence-corrected chi connectivity index (χ0v) is 10.7. The molecule has 86 valence electrons. The molecule has 0 aliphatic rings. The molecule has 0 atom stereocenters. The third kappa shape index (κ3) is 3.30. The molecule has 0 aromatic heterocycles. The third-order valence-corrected chi connectivity index (χ3v) is 2.77. The van der Waals surface area contributed by atoms with Crippen molar-refractivity contribution in [2.75, 3.05) is 6.61 Å². The van der Waals surface area contributed by atoms with Gasteiger partial charge in [0.05, 0.1) is 6.61 Å². The first-order valence-electron chi connectivity index (χ1n) is 5.11. The Bertz CT molecular complexity index is 455. The highest BCUT2D eigenvalue weighted by atomic mass is 79.9. The zero-order valence-electron chi connectivity index (χ0n) is 9.15. The van der Waals surface area contributed by atoms with Crippen molar-refractivity contribution in [1.29, 1.82) is 0 Å². The molecule has 0 saturated heterocycles. The van der Waals surface area contributed by atoms with Crippen molar-refractivity contribution < 1.29 is 10.2 Å². The maximum atomic E-state index is 8.95. The van der Waals surface area contributed by atoms with E-state index in [1.807, 2.05) is 36.4 Å². The van der Waals surface area contributed by atoms with Crippen LogP contribution in [0.3, 0.4) is 0 Å². The maximum absolute atomic E-state index is 8.95. The number of halogens is 1. The Hall–Kier alpha value is -0.900. The minimum atomic E-state index is 0.0997. The van der Waals surface area contributed by atoms with E-state index >= 15 is 0 Å². The molecule has 3 heteroatoms. The quantitative estimate of drug-likeness (QED) is 0.844. The topological polar surface area (TPSA) is 40.5 Å². The van der Waals surface area contributed by atoms with Crippen LogP contribution in [0.5, 0.6) is 0 Å². The van der Waals surface area contributed by atoms with Crippen molar-refractivity contribution >= 4 is 26.7 Å². The standard InChI is InChI=1S/C11H9BrO.C2H6O/c12-11-3-1-2-9-6-8(7-13)4-5-10(9)11;1-2-3/h1-6,13H,7H2;3H,2H2,1H3. The normalized spacial score (nSPS) is 9.75. The van der Waals surface area contributed by atoms with Crippen LogP contribution < -0.4 is 0 Å². The second kappa shape index (κ2) is 6.63. The lowest BCUT2D eigenvalue weighted by molar-refractivity contribution is 0.282. The van der Waals surface area contributed by atoms with E-state index in [1.54, 1.807) is 6.92 Å². The van der Waals surface area contributed by atoms with Gasteiger partial charge in [0.1, 0.15) is 0 Å². The first-order valence-corrected chi connectivity index (χ1v) is 5.91. The number of hydrogen-bond acceptors (Lipinski definition) is 2. The summed E-state index contributed by atoms with van der Waals surface area (Å²) < 4.78 is 1.09. The van der Waals surface area contributed by atoms with E-state index in [2.05, 4.69) is 15.9 Å². The molecule has 0 fully saturated rings. The van der Waals surface area contributed by atoms with Crippen molar-refractivity contribution in [3.63, 3.8) is 0 Å². The molecule has 0 unspecified atom stereocenters. The molecule has 2 aromatic rings. The van der Waals surface area contributed by atoms with Crippen molar-refractivity contribution in [2.45, 2.75) is 13.5 Å². The van der Waals surface area contributed by atoms with Crippen LogP contribution in [0.15, 0.2) is 40.9 Å². The lowest BCUT2D eigenvalue weighted by atomic mass is 10.1. The molecule has 0 aliphatic heterocycles. The number of fused-ring (bicyclic) bond motifs is 1. The highest BCUT2D eigenvalue weighted by molar-refractivity contribution is 9.10. The van der Waals surface area contributed by atoms with Crippen LogP contribution in [-0.4, -0.2) is 16.8 Å². The highest BCUT2D eigenvalue weighted by Crippen LogP contribution is 2.24. The van der Waals surface area contributed by atoms with Gasteiger partial charge in [-0.1, -0.05) is 40.2 Å². The number of aliphatic hydroxyl groups excluding tert-OH is 2. The summed E-state index contributed by atoms with van der Waals surface area (Å²) in [6, 6.07) is 12.0. The van der Waals surface area contributed by atoms with Gasteiger partial charge in [-0.05, 0) is 35.4 Å². The summed E-state index contributed by atoms with van der Waals surface area (Å²) >= 11 is 3.48. The summed E-state index contributed by atoms with van der Waals surface area (Å²) in [6.07, 6.45) is 0. The number of aliphatic hydroxyl groups is 2. The molecule has 16 heavy (non-hydrogen) atoms. The number of hydrogen-bond donors (Lipinski definition) is 2. The molecule has 0 radical (unpaired) electrons. The molecule has 0 aliphatic carbocycles. The smallest absolute Gasteiger partial charge is 0.0682 e. The van der Waals surface area contributed by atoms with Crippen LogP contribution in [0.4, 0.5) is 0 Å². The van der Waals surface area contributed by atoms with Gasteiger partial charge in [0, 0.05) is 11.1 Å². The van der Waals surface area contributed by atoms with Crippen LogP contribution in [0.2, 0.25) is 0 Å². The van der Waals surface area contributed by atoms with Crippen LogP contribution in [0, 0.1) is 0 Å². The monoisotopic (exact) mass is 282 g/mol. The summed E-state index contributed by atoms with van der Waals surface area (Å²) in [6.45, 7) is 2.03. The van der Waals surface area contributed by atoms with Crippen molar-refractivity contribution in [3.8, 4) is 0 Å². The molecule has 2 rings (SSSR count). The zero-order chi connectivity index (χ0) is 12.0. The summed E-state index contributed by atoms with van der Waals surface area (Å²) in [4.78, 5) is 0. The second-order valence-corrected chi connectivity index (χ2v) is 4.12. The van der Waals surface area contributed by atoms with Crippen molar-refractivity contribution in [1.82, 2.24) is 0 Å². The lowest BCUT2D eigenvalue weighted by Gasteiger charge is -2.02. The Morgan fingerprint density at radius 3 is 2.44 bits per heavy atom. The van der Waals surface area contributed by atoms with Crippen LogP contribution in [-0.2, 0) is 6.61 Å². The molecule has 0 spiro atoms. The van der Waals surface area contributed by atoms with E-state index in [4.69, 9.17) is 10.2 Å². The van der Waals surface area contributed by atoms with Crippen LogP contribution in [0.1, 0.15) is 12.5 Å². The van der Waals surface area contributed by atoms with E-state index in [1.165, 1.54) is 5.39 Å². The first-order chi connectivity index (χ1) is 7.72. The molecule has 0 amide bonds. The average Bonchev–Trinajstić information content (AvgIpc) is 2.30. The maximum Gasteiger partial charge on any atom is 0.0682 e. The van der Waals surface area contributed by atoms with Gasteiger partial charge in [0.2, 0.25) is 0 Å². The van der Waals surface area contributed by atoms with Crippen LogP contribution >= 0.6 is 15.9 Å². The van der Waals surface area contributed by atoms with Gasteiger partial charge in [0.25, 0.3) is 0 Å². The molecule has 2 aromatic carbocycles. The first kappa shape index (κ1) is 13.2. The Balaban J connectivity index is 0.000000386. The summed E-state index contributed by atoms with van der Waals surface area (Å²) in [5.74, 6) is 0. The third-order valence-electron chi connectivity index (χ3n) is 2.07. The molecular weight excluding hydrogens is 268 g/mol. The Morgan fingerprint density at radius 1 is 1.12 bits per heavy atom. The second-order valence-electron chi connectivity index (χ2n) is 3.27. The molecule has 2 N–H and O–H groups in total. The van der Waals surface area contributed by atoms with Crippen LogP contribution in [0.25, 0.3) is 10.8 Å². The highest BCUT2D eigenvalue weighted by Gasteiger charge is 1.98. The number of benzene rings is 2. The summed E-state index contributed by atoms with van der Waals surface area (Å²) in [5, 5.41) is 18.9. The molecule has 0 heterocycles. The summed E-state index contributed by atoms with van der Waals surface area (Å²) in [7, 11) is 0. The fourth-order valence-electron chi connectivity index (χ4n) is 1.39. The van der Waals surface area contributed by atoms with Gasteiger partial charge in [0.15, 0.2) is 0 Å². The average molecular weight is 283 g/mol. The largest absolute Gasteiger partial charge is 0.397 e. The molecule has 2 nitrogen and oxygen atoms in total. The SMILES string of the molecule is CCO.OCc1ccc2c(Br)cccc2c1. The predicted octanol–water partition coefficient (Wildman–Crippen LogP) is 3.09. The Kier molecular flexibility index (Phi) is 5.46. The van der Waals surface area contributed by atoms with E-state index in [0.29, 0.717) is 0 Å². The fraction of sp³-hybridized carbons (Fsp3) is 0.231. The fourth-order valence-corrected chi connectivity index (χ4v) is 1.91. The van der Waals surface area contributed by atoms with Gasteiger partial charge < -0.3 is 10.2 Å². The minimum absolute atomic E-state index is 0.0997. The Labute approximate surface area is 104 Å². The lowest BCUT2D eigenvalue weighted by Crippen LogP contribution is -1.82. The molecule has 0 bridgehead atoms. The molecule has 0 saturated carbocycles. The predicted molar refractivity (Wildman–Crippen MR) is 70.3 cm³/mol. The van der Waals surface area contributed by atoms with E-state index < -0.39 is 0 Å². The van der Waals surface area contributed by atoms with Gasteiger partial charge in [-0.2, -0.15) is 0 Å². The Morgan fingerprint density at radius 2 is 1.81 bits per heavy atom. The van der Waals surface area contributed by atoms with Gasteiger partial charge in [-0.25, -0.2) is 0 Å². The van der Waals surface area contributed by atoms with Crippen molar-refractivity contribution in [3.05, 3.63) is 46.4 Å². The van der Waals surface area contributed by atoms with Gasteiger partial charge in [-0.15, -0.1) is 0 Å². The van der Waals surface area contributed by atoms with E-state index in [0.717, 1.165) is 15.4 Å². The van der Waals surface area contributed by atoms with E-state index in [-0.39, 0.29) is 13.2 Å². The van der Waals surface area contributed by atoms with Gasteiger partial charge in [-0.3, -0.25) is 0 Å².